The number of aliphatic hydroxyl groups excluding tert-OH is 1. The maximum absolute atomic E-state index is 10.1. The predicted octanol–water partition coefficient (Wildman–Crippen LogP) is 0.0407. The van der Waals surface area contributed by atoms with Crippen molar-refractivity contribution >= 4 is 11.8 Å². The van der Waals surface area contributed by atoms with Crippen LogP contribution in [-0.2, 0) is 6.42 Å². The Morgan fingerprint density at radius 1 is 1.37 bits per heavy atom. The fourth-order valence-corrected chi connectivity index (χ4v) is 2.73. The zero-order valence-electron chi connectivity index (χ0n) is 12.1. The number of rotatable bonds is 3. The average molecular weight is 265 g/mol. The summed E-state index contributed by atoms with van der Waals surface area (Å²) in [5.41, 5.74) is 7.79. The molecule has 1 aromatic heterocycles. The zero-order valence-corrected chi connectivity index (χ0v) is 12.1. The molecule has 2 rings (SSSR count). The Kier molecular flexibility index (Phi) is 3.91. The number of nitrogen functional groups attached to an aromatic ring is 1. The zero-order chi connectivity index (χ0) is 14.2. The SMILES string of the molecule is CCc1c(C)nc(N)nc1N1C[C@@H](O)[C@H](N(C)C)C1. The lowest BCUT2D eigenvalue weighted by molar-refractivity contribution is 0.114. The molecule has 1 fully saturated rings. The van der Waals surface area contributed by atoms with E-state index in [9.17, 15) is 5.11 Å². The number of aromatic nitrogens is 2. The van der Waals surface area contributed by atoms with Crippen LogP contribution < -0.4 is 10.6 Å². The van der Waals surface area contributed by atoms with Crippen LogP contribution in [0.3, 0.4) is 0 Å². The quantitative estimate of drug-likeness (QED) is 0.803. The smallest absolute Gasteiger partial charge is 0.222 e. The van der Waals surface area contributed by atoms with Gasteiger partial charge in [-0.25, -0.2) is 4.98 Å². The van der Waals surface area contributed by atoms with Crippen LogP contribution in [0.5, 0.6) is 0 Å². The second kappa shape index (κ2) is 5.30. The molecule has 0 aromatic carbocycles. The molecule has 0 aliphatic carbocycles. The van der Waals surface area contributed by atoms with E-state index in [1.54, 1.807) is 0 Å². The normalized spacial score (nSPS) is 23.4. The van der Waals surface area contributed by atoms with E-state index >= 15 is 0 Å². The molecule has 3 N–H and O–H groups in total. The van der Waals surface area contributed by atoms with Crippen LogP contribution in [0.2, 0.25) is 0 Å². The molecule has 19 heavy (non-hydrogen) atoms. The van der Waals surface area contributed by atoms with Gasteiger partial charge in [-0.15, -0.1) is 0 Å². The first-order valence-electron chi connectivity index (χ1n) is 6.66. The molecule has 0 spiro atoms. The van der Waals surface area contributed by atoms with E-state index in [1.807, 2.05) is 25.9 Å². The molecule has 106 valence electrons. The summed E-state index contributed by atoms with van der Waals surface area (Å²) in [6.07, 6.45) is 0.497. The van der Waals surface area contributed by atoms with Crippen LogP contribution >= 0.6 is 0 Å². The van der Waals surface area contributed by atoms with Gasteiger partial charge in [-0.3, -0.25) is 0 Å². The number of β-amino-alcohol motifs (C(OH)–C–C–N with tert-alkyl or cyclic N) is 1. The molecule has 0 saturated carbocycles. The highest BCUT2D eigenvalue weighted by atomic mass is 16.3. The Bertz CT molecular complexity index is 463. The van der Waals surface area contributed by atoms with Crippen molar-refractivity contribution in [2.75, 3.05) is 37.8 Å². The van der Waals surface area contributed by atoms with E-state index in [4.69, 9.17) is 5.73 Å². The van der Waals surface area contributed by atoms with Crippen LogP contribution in [-0.4, -0.2) is 59.3 Å². The lowest BCUT2D eigenvalue weighted by atomic mass is 10.1. The number of aryl methyl sites for hydroxylation is 1. The van der Waals surface area contributed by atoms with Crippen molar-refractivity contribution in [3.8, 4) is 0 Å². The Balaban J connectivity index is 2.33. The first kappa shape index (κ1) is 14.0. The van der Waals surface area contributed by atoms with Gasteiger partial charge in [0, 0.05) is 24.3 Å². The third-order valence-corrected chi connectivity index (χ3v) is 3.78. The second-order valence-electron chi connectivity index (χ2n) is 5.33. The first-order chi connectivity index (χ1) is 8.93. The Morgan fingerprint density at radius 3 is 2.58 bits per heavy atom. The van der Waals surface area contributed by atoms with Gasteiger partial charge >= 0.3 is 0 Å². The van der Waals surface area contributed by atoms with Crippen molar-refractivity contribution < 1.29 is 5.11 Å². The standard InChI is InChI=1S/C13H23N5O/c1-5-9-8(2)15-13(14)16-12(9)18-6-10(17(3)4)11(19)7-18/h10-11,19H,5-7H2,1-4H3,(H2,14,15,16)/t10-,11-/m1/s1. The van der Waals surface area contributed by atoms with Gasteiger partial charge in [-0.05, 0) is 27.4 Å². The molecule has 6 nitrogen and oxygen atoms in total. The fraction of sp³-hybridized carbons (Fsp3) is 0.692. The average Bonchev–Trinajstić information content (AvgIpc) is 2.70. The van der Waals surface area contributed by atoms with Crippen molar-refractivity contribution in [3.05, 3.63) is 11.3 Å². The third-order valence-electron chi connectivity index (χ3n) is 3.78. The molecule has 0 amide bonds. The van der Waals surface area contributed by atoms with E-state index in [-0.39, 0.29) is 12.1 Å². The van der Waals surface area contributed by atoms with Gasteiger partial charge in [-0.2, -0.15) is 4.98 Å². The van der Waals surface area contributed by atoms with E-state index < -0.39 is 0 Å². The second-order valence-corrected chi connectivity index (χ2v) is 5.33. The van der Waals surface area contributed by atoms with Crippen molar-refractivity contribution in [1.82, 2.24) is 14.9 Å². The number of likely N-dealkylation sites (N-methyl/N-ethyl adjacent to an activating group) is 1. The number of aliphatic hydroxyl groups is 1. The maximum atomic E-state index is 10.1. The van der Waals surface area contributed by atoms with Gasteiger partial charge < -0.3 is 20.6 Å². The van der Waals surface area contributed by atoms with Crippen molar-refractivity contribution in [1.29, 1.82) is 0 Å². The third kappa shape index (κ3) is 2.64. The number of hydrogen-bond donors (Lipinski definition) is 2. The van der Waals surface area contributed by atoms with Gasteiger partial charge in [0.2, 0.25) is 5.95 Å². The Labute approximate surface area is 114 Å². The summed E-state index contributed by atoms with van der Waals surface area (Å²) in [7, 11) is 3.97. The van der Waals surface area contributed by atoms with Gasteiger partial charge in [-0.1, -0.05) is 6.92 Å². The van der Waals surface area contributed by atoms with Crippen LogP contribution in [0, 0.1) is 6.92 Å². The van der Waals surface area contributed by atoms with Gasteiger partial charge in [0.25, 0.3) is 0 Å². The van der Waals surface area contributed by atoms with Gasteiger partial charge in [0.15, 0.2) is 0 Å². The van der Waals surface area contributed by atoms with E-state index in [2.05, 4.69) is 21.8 Å². The van der Waals surface area contributed by atoms with Gasteiger partial charge in [0.05, 0.1) is 12.1 Å². The number of nitrogens with zero attached hydrogens (tertiary/aromatic N) is 4. The molecular formula is C13H23N5O. The summed E-state index contributed by atoms with van der Waals surface area (Å²) in [6.45, 7) is 5.39. The summed E-state index contributed by atoms with van der Waals surface area (Å²) in [5.74, 6) is 1.17. The minimum Gasteiger partial charge on any atom is -0.390 e. The molecule has 0 bridgehead atoms. The summed E-state index contributed by atoms with van der Waals surface area (Å²) < 4.78 is 0. The Hall–Kier alpha value is -1.40. The lowest BCUT2D eigenvalue weighted by Crippen LogP contribution is -2.38. The van der Waals surface area contributed by atoms with Crippen molar-refractivity contribution in [2.45, 2.75) is 32.4 Å². The first-order valence-corrected chi connectivity index (χ1v) is 6.66. The predicted molar refractivity (Wildman–Crippen MR) is 76.3 cm³/mol. The minimum atomic E-state index is -0.365. The fourth-order valence-electron chi connectivity index (χ4n) is 2.73. The molecule has 1 saturated heterocycles. The highest BCUT2D eigenvalue weighted by molar-refractivity contribution is 5.53. The molecule has 0 unspecified atom stereocenters. The van der Waals surface area contributed by atoms with Crippen LogP contribution in [0.15, 0.2) is 0 Å². The molecule has 6 heteroatoms. The maximum Gasteiger partial charge on any atom is 0.222 e. The highest BCUT2D eigenvalue weighted by Gasteiger charge is 2.34. The molecule has 2 atom stereocenters. The van der Waals surface area contributed by atoms with Crippen LogP contribution in [0.25, 0.3) is 0 Å². The number of nitrogens with two attached hydrogens (primary N) is 1. The summed E-state index contributed by atoms with van der Waals surface area (Å²) >= 11 is 0. The molecule has 1 aliphatic rings. The highest BCUT2D eigenvalue weighted by Crippen LogP contribution is 2.26. The van der Waals surface area contributed by atoms with Gasteiger partial charge in [0.1, 0.15) is 5.82 Å². The summed E-state index contributed by atoms with van der Waals surface area (Å²) in [4.78, 5) is 12.8. The molecule has 1 aliphatic heterocycles. The number of anilines is 2. The largest absolute Gasteiger partial charge is 0.390 e. The Morgan fingerprint density at radius 2 is 2.05 bits per heavy atom. The minimum absolute atomic E-state index is 0.126. The van der Waals surface area contributed by atoms with Crippen molar-refractivity contribution in [3.63, 3.8) is 0 Å². The van der Waals surface area contributed by atoms with E-state index in [0.717, 1.165) is 30.0 Å². The van der Waals surface area contributed by atoms with Crippen molar-refractivity contribution in [2.24, 2.45) is 0 Å². The number of hydrogen-bond acceptors (Lipinski definition) is 6. The van der Waals surface area contributed by atoms with E-state index in [1.165, 1.54) is 0 Å². The summed E-state index contributed by atoms with van der Waals surface area (Å²) in [5, 5.41) is 10.1. The summed E-state index contributed by atoms with van der Waals surface area (Å²) in [6, 6.07) is 0.126. The monoisotopic (exact) mass is 265 g/mol. The van der Waals surface area contributed by atoms with Crippen LogP contribution in [0.1, 0.15) is 18.2 Å². The molecule has 0 radical (unpaired) electrons. The van der Waals surface area contributed by atoms with Crippen LogP contribution in [0.4, 0.5) is 11.8 Å². The molecule has 2 heterocycles. The van der Waals surface area contributed by atoms with E-state index in [0.29, 0.717) is 12.5 Å². The molecular weight excluding hydrogens is 242 g/mol. The topological polar surface area (TPSA) is 78.5 Å². The molecule has 1 aromatic rings. The lowest BCUT2D eigenvalue weighted by Gasteiger charge is -2.23.